The van der Waals surface area contributed by atoms with Gasteiger partial charge in [0, 0.05) is 0 Å². The van der Waals surface area contributed by atoms with E-state index in [0.717, 1.165) is 0 Å². The summed E-state index contributed by atoms with van der Waals surface area (Å²) in [7, 11) is 0. The molecule has 0 spiro atoms. The van der Waals surface area contributed by atoms with Gasteiger partial charge in [0.05, 0.1) is 0 Å². The molecule has 0 nitrogen and oxygen atoms in total. The van der Waals surface area contributed by atoms with Gasteiger partial charge >= 0.3 is 0 Å². The van der Waals surface area contributed by atoms with Gasteiger partial charge in [-0.15, -0.1) is 6.58 Å². The first-order valence-electron chi connectivity index (χ1n) is 4.58. The maximum Gasteiger partial charge on any atom is -0.0162 e. The molecule has 0 aliphatic rings. The van der Waals surface area contributed by atoms with Crippen molar-refractivity contribution in [3.05, 3.63) is 12.7 Å². The molecule has 0 heterocycles. The van der Waals surface area contributed by atoms with E-state index in [1.54, 1.807) is 0 Å². The lowest BCUT2D eigenvalue weighted by molar-refractivity contribution is 0.196. The maximum absolute atomic E-state index is 3.90. The molecule has 0 bridgehead atoms. The molecular weight excluding hydrogens is 132 g/mol. The summed E-state index contributed by atoms with van der Waals surface area (Å²) in [6.07, 6.45) is 3.33. The molecular formula is C11H22. The largest absolute Gasteiger partial charge is 0.103 e. The molecule has 0 saturated heterocycles. The molecule has 66 valence electrons. The minimum absolute atomic E-state index is 0.413. The highest BCUT2D eigenvalue weighted by Gasteiger charge is 2.27. The average molecular weight is 154 g/mol. The van der Waals surface area contributed by atoms with Gasteiger partial charge in [0.1, 0.15) is 0 Å². The van der Waals surface area contributed by atoms with Gasteiger partial charge in [-0.25, -0.2) is 0 Å². The Kier molecular flexibility index (Phi) is 3.85. The van der Waals surface area contributed by atoms with Crippen LogP contribution in [0.1, 0.15) is 41.0 Å². The first-order valence-corrected chi connectivity index (χ1v) is 4.58. The van der Waals surface area contributed by atoms with Crippen molar-refractivity contribution in [1.82, 2.24) is 0 Å². The molecule has 0 radical (unpaired) electrons. The Bertz CT molecular complexity index is 120. The van der Waals surface area contributed by atoms with Crippen molar-refractivity contribution in [2.45, 2.75) is 41.0 Å². The molecule has 0 N–H and O–H groups in total. The van der Waals surface area contributed by atoms with Crippen molar-refractivity contribution in [1.29, 1.82) is 0 Å². The highest BCUT2D eigenvalue weighted by molar-refractivity contribution is 4.91. The third-order valence-corrected chi connectivity index (χ3v) is 2.79. The van der Waals surface area contributed by atoms with Crippen LogP contribution in [-0.2, 0) is 0 Å². The van der Waals surface area contributed by atoms with E-state index in [-0.39, 0.29) is 0 Å². The van der Waals surface area contributed by atoms with E-state index in [4.69, 9.17) is 0 Å². The Hall–Kier alpha value is -0.260. The molecule has 1 atom stereocenters. The van der Waals surface area contributed by atoms with Crippen LogP contribution in [0.15, 0.2) is 12.7 Å². The van der Waals surface area contributed by atoms with Crippen LogP contribution in [0.3, 0.4) is 0 Å². The van der Waals surface area contributed by atoms with E-state index in [1.165, 1.54) is 6.42 Å². The van der Waals surface area contributed by atoms with Crippen molar-refractivity contribution >= 4 is 0 Å². The molecule has 1 unspecified atom stereocenters. The fourth-order valence-corrected chi connectivity index (χ4v) is 1.73. The third-order valence-electron chi connectivity index (χ3n) is 2.79. The quantitative estimate of drug-likeness (QED) is 0.539. The van der Waals surface area contributed by atoms with E-state index in [2.05, 4.69) is 47.3 Å². The van der Waals surface area contributed by atoms with Gasteiger partial charge in [0.2, 0.25) is 0 Å². The van der Waals surface area contributed by atoms with Crippen LogP contribution < -0.4 is 0 Å². The third kappa shape index (κ3) is 2.69. The van der Waals surface area contributed by atoms with Crippen LogP contribution in [0.2, 0.25) is 0 Å². The standard InChI is InChI=1S/C11H22/c1-7-10(9(3)4)11(5,6)8-2/h7,9-10H,1,8H2,2-6H3. The molecule has 0 amide bonds. The van der Waals surface area contributed by atoms with E-state index in [1.807, 2.05) is 0 Å². The topological polar surface area (TPSA) is 0 Å². The van der Waals surface area contributed by atoms with Gasteiger partial charge in [-0.1, -0.05) is 47.1 Å². The predicted molar refractivity (Wildman–Crippen MR) is 52.6 cm³/mol. The van der Waals surface area contributed by atoms with Crippen molar-refractivity contribution < 1.29 is 0 Å². The summed E-state index contributed by atoms with van der Waals surface area (Å²) in [5, 5.41) is 0. The van der Waals surface area contributed by atoms with Crippen LogP contribution in [0.5, 0.6) is 0 Å². The summed E-state index contributed by atoms with van der Waals surface area (Å²) in [6.45, 7) is 15.3. The Labute approximate surface area is 71.7 Å². The number of hydrogen-bond donors (Lipinski definition) is 0. The molecule has 0 aliphatic carbocycles. The molecule has 0 aromatic carbocycles. The number of rotatable bonds is 4. The first-order chi connectivity index (χ1) is 4.95. The van der Waals surface area contributed by atoms with Crippen LogP contribution in [-0.4, -0.2) is 0 Å². The van der Waals surface area contributed by atoms with E-state index < -0.39 is 0 Å². The summed E-state index contributed by atoms with van der Waals surface area (Å²) in [6, 6.07) is 0. The molecule has 0 aromatic rings. The van der Waals surface area contributed by atoms with Crippen molar-refractivity contribution in [2.24, 2.45) is 17.3 Å². The Balaban J connectivity index is 4.35. The molecule has 0 aromatic heterocycles. The normalized spacial score (nSPS) is 15.1. The van der Waals surface area contributed by atoms with Gasteiger partial charge in [-0.2, -0.15) is 0 Å². The zero-order valence-corrected chi connectivity index (χ0v) is 8.65. The number of allylic oxidation sites excluding steroid dienone is 1. The minimum Gasteiger partial charge on any atom is -0.103 e. The fourth-order valence-electron chi connectivity index (χ4n) is 1.73. The summed E-state index contributed by atoms with van der Waals surface area (Å²) in [5.41, 5.74) is 0.413. The van der Waals surface area contributed by atoms with Gasteiger partial charge in [-0.3, -0.25) is 0 Å². The predicted octanol–water partition coefficient (Wildman–Crippen LogP) is 3.88. The smallest absolute Gasteiger partial charge is 0.0162 e. The Morgan fingerprint density at radius 1 is 1.36 bits per heavy atom. The van der Waals surface area contributed by atoms with Gasteiger partial charge in [0.25, 0.3) is 0 Å². The second-order valence-corrected chi connectivity index (χ2v) is 4.35. The lowest BCUT2D eigenvalue weighted by Gasteiger charge is -2.34. The second-order valence-electron chi connectivity index (χ2n) is 4.35. The highest BCUT2D eigenvalue weighted by Crippen LogP contribution is 2.35. The maximum atomic E-state index is 3.90. The van der Waals surface area contributed by atoms with Crippen LogP contribution in [0, 0.1) is 17.3 Å². The van der Waals surface area contributed by atoms with Crippen molar-refractivity contribution in [2.75, 3.05) is 0 Å². The second kappa shape index (κ2) is 3.94. The van der Waals surface area contributed by atoms with Gasteiger partial charge < -0.3 is 0 Å². The Morgan fingerprint density at radius 2 is 1.82 bits per heavy atom. The van der Waals surface area contributed by atoms with Crippen LogP contribution >= 0.6 is 0 Å². The molecule has 0 aliphatic heterocycles. The van der Waals surface area contributed by atoms with E-state index in [0.29, 0.717) is 17.3 Å². The molecule has 11 heavy (non-hydrogen) atoms. The monoisotopic (exact) mass is 154 g/mol. The summed E-state index contributed by atoms with van der Waals surface area (Å²) < 4.78 is 0. The highest BCUT2D eigenvalue weighted by atomic mass is 14.3. The minimum atomic E-state index is 0.413. The summed E-state index contributed by atoms with van der Waals surface area (Å²) in [5.74, 6) is 1.36. The van der Waals surface area contributed by atoms with Gasteiger partial charge in [-0.05, 0) is 17.3 Å². The SMILES string of the molecule is C=CC(C(C)C)C(C)(C)CC. The van der Waals surface area contributed by atoms with Crippen LogP contribution in [0.25, 0.3) is 0 Å². The number of hydrogen-bond acceptors (Lipinski definition) is 0. The van der Waals surface area contributed by atoms with Crippen LogP contribution in [0.4, 0.5) is 0 Å². The summed E-state index contributed by atoms with van der Waals surface area (Å²) in [4.78, 5) is 0. The fraction of sp³-hybridized carbons (Fsp3) is 0.818. The lowest BCUT2D eigenvalue weighted by Crippen LogP contribution is -2.25. The van der Waals surface area contributed by atoms with E-state index in [9.17, 15) is 0 Å². The average Bonchev–Trinajstić information content (AvgIpc) is 1.88. The molecule has 0 heteroatoms. The van der Waals surface area contributed by atoms with Gasteiger partial charge in [0.15, 0.2) is 0 Å². The van der Waals surface area contributed by atoms with Crippen molar-refractivity contribution in [3.8, 4) is 0 Å². The summed E-state index contributed by atoms with van der Waals surface area (Å²) >= 11 is 0. The zero-order valence-electron chi connectivity index (χ0n) is 8.65. The molecule has 0 saturated carbocycles. The first kappa shape index (κ1) is 10.7. The Morgan fingerprint density at radius 3 is 1.91 bits per heavy atom. The molecule has 0 rings (SSSR count). The van der Waals surface area contributed by atoms with E-state index >= 15 is 0 Å². The molecule has 0 fully saturated rings. The lowest BCUT2D eigenvalue weighted by atomic mass is 9.71. The van der Waals surface area contributed by atoms with Crippen molar-refractivity contribution in [3.63, 3.8) is 0 Å². The zero-order chi connectivity index (χ0) is 9.07.